The SMILES string of the molecule is CC(C)(C)c1nsc(NC(CCO)C(C)(C)C)n1. The van der Waals surface area contributed by atoms with Crippen molar-refractivity contribution in [2.45, 2.75) is 59.4 Å². The first-order valence-corrected chi connectivity index (χ1v) is 7.13. The minimum absolute atomic E-state index is 0.0232. The third-order valence-corrected chi connectivity index (χ3v) is 3.50. The molecule has 0 aliphatic rings. The maximum atomic E-state index is 9.14. The standard InChI is InChI=1S/C13H25N3OS/c1-12(2,3)9(7-8-17)14-11-15-10(16-18-11)13(4,5)6/h9,17H,7-8H2,1-6H3,(H,14,15,16). The molecule has 1 aromatic rings. The van der Waals surface area contributed by atoms with Crippen LogP contribution in [0.25, 0.3) is 0 Å². The summed E-state index contributed by atoms with van der Waals surface area (Å²) in [6.07, 6.45) is 0.716. The van der Waals surface area contributed by atoms with Crippen LogP contribution >= 0.6 is 11.5 Å². The summed E-state index contributed by atoms with van der Waals surface area (Å²) in [7, 11) is 0. The second-order valence-electron chi connectivity index (χ2n) is 6.75. The fourth-order valence-electron chi connectivity index (χ4n) is 1.59. The Bertz CT molecular complexity index is 376. The van der Waals surface area contributed by atoms with Gasteiger partial charge in [0.05, 0.1) is 0 Å². The van der Waals surface area contributed by atoms with Crippen LogP contribution in [0.1, 0.15) is 53.8 Å². The lowest BCUT2D eigenvalue weighted by atomic mass is 9.85. The highest BCUT2D eigenvalue weighted by Crippen LogP contribution is 2.28. The van der Waals surface area contributed by atoms with Gasteiger partial charge < -0.3 is 10.4 Å². The van der Waals surface area contributed by atoms with Crippen LogP contribution in [-0.2, 0) is 5.41 Å². The highest BCUT2D eigenvalue weighted by molar-refractivity contribution is 7.09. The van der Waals surface area contributed by atoms with E-state index in [4.69, 9.17) is 5.11 Å². The van der Waals surface area contributed by atoms with Gasteiger partial charge in [0.25, 0.3) is 0 Å². The molecule has 0 spiro atoms. The minimum atomic E-state index is -0.0232. The Hall–Kier alpha value is -0.680. The zero-order chi connectivity index (χ0) is 14.0. The largest absolute Gasteiger partial charge is 0.396 e. The summed E-state index contributed by atoms with van der Waals surface area (Å²) >= 11 is 1.39. The van der Waals surface area contributed by atoms with Gasteiger partial charge in [-0.25, -0.2) is 4.98 Å². The molecule has 4 nitrogen and oxygen atoms in total. The first-order chi connectivity index (χ1) is 8.14. The van der Waals surface area contributed by atoms with Gasteiger partial charge in [-0.2, -0.15) is 4.37 Å². The predicted octanol–water partition coefficient (Wildman–Crippen LogP) is 3.04. The van der Waals surface area contributed by atoms with E-state index >= 15 is 0 Å². The number of nitrogens with zero attached hydrogens (tertiary/aromatic N) is 2. The Morgan fingerprint density at radius 3 is 2.22 bits per heavy atom. The Morgan fingerprint density at radius 1 is 1.22 bits per heavy atom. The molecule has 1 atom stereocenters. The van der Waals surface area contributed by atoms with Gasteiger partial charge in [0.15, 0.2) is 0 Å². The number of aliphatic hydroxyl groups excluding tert-OH is 1. The molecule has 104 valence electrons. The second kappa shape index (κ2) is 5.53. The van der Waals surface area contributed by atoms with Crippen molar-refractivity contribution < 1.29 is 5.11 Å². The van der Waals surface area contributed by atoms with Gasteiger partial charge in [-0.05, 0) is 11.8 Å². The van der Waals surface area contributed by atoms with Gasteiger partial charge in [-0.15, -0.1) is 0 Å². The molecule has 0 radical (unpaired) electrons. The molecule has 0 amide bonds. The number of nitrogens with one attached hydrogen (secondary N) is 1. The summed E-state index contributed by atoms with van der Waals surface area (Å²) in [5.41, 5.74) is 0.0565. The molecule has 1 rings (SSSR count). The fraction of sp³-hybridized carbons (Fsp3) is 0.846. The van der Waals surface area contributed by atoms with Gasteiger partial charge in [-0.3, -0.25) is 0 Å². The van der Waals surface area contributed by atoms with E-state index in [-0.39, 0.29) is 23.5 Å². The van der Waals surface area contributed by atoms with Crippen LogP contribution in [-0.4, -0.2) is 27.1 Å². The van der Waals surface area contributed by atoms with Gasteiger partial charge >= 0.3 is 0 Å². The Morgan fingerprint density at radius 2 is 1.83 bits per heavy atom. The van der Waals surface area contributed by atoms with Crippen LogP contribution in [0.4, 0.5) is 5.13 Å². The van der Waals surface area contributed by atoms with Gasteiger partial charge in [-0.1, -0.05) is 41.5 Å². The predicted molar refractivity (Wildman–Crippen MR) is 77.2 cm³/mol. The van der Waals surface area contributed by atoms with Crippen molar-refractivity contribution in [2.75, 3.05) is 11.9 Å². The summed E-state index contributed by atoms with van der Waals surface area (Å²) in [4.78, 5) is 4.53. The molecular weight excluding hydrogens is 246 g/mol. The zero-order valence-electron chi connectivity index (χ0n) is 12.2. The number of aliphatic hydroxyl groups is 1. The molecule has 1 aromatic heterocycles. The molecule has 2 N–H and O–H groups in total. The van der Waals surface area contributed by atoms with Crippen LogP contribution in [0.15, 0.2) is 0 Å². The van der Waals surface area contributed by atoms with E-state index in [9.17, 15) is 0 Å². The number of anilines is 1. The first kappa shape index (κ1) is 15.4. The quantitative estimate of drug-likeness (QED) is 0.883. The van der Waals surface area contributed by atoms with Crippen molar-refractivity contribution in [3.05, 3.63) is 5.82 Å². The van der Waals surface area contributed by atoms with Crippen LogP contribution < -0.4 is 5.32 Å². The molecule has 0 saturated carbocycles. The molecule has 0 aliphatic heterocycles. The van der Waals surface area contributed by atoms with Crippen molar-refractivity contribution in [1.82, 2.24) is 9.36 Å². The summed E-state index contributed by atoms with van der Waals surface area (Å²) in [5, 5.41) is 13.4. The Labute approximate surface area is 114 Å². The molecule has 0 aromatic carbocycles. The smallest absolute Gasteiger partial charge is 0.202 e. The topological polar surface area (TPSA) is 58.0 Å². The molecule has 1 heterocycles. The summed E-state index contributed by atoms with van der Waals surface area (Å²) in [6.45, 7) is 13.0. The fourth-order valence-corrected chi connectivity index (χ4v) is 2.40. The van der Waals surface area contributed by atoms with Gasteiger partial charge in [0.1, 0.15) is 5.82 Å². The minimum Gasteiger partial charge on any atom is -0.396 e. The van der Waals surface area contributed by atoms with E-state index in [2.05, 4.69) is 56.2 Å². The molecular formula is C13H25N3OS. The number of aromatic nitrogens is 2. The average Bonchev–Trinajstić information content (AvgIpc) is 2.63. The Balaban J connectivity index is 2.79. The summed E-state index contributed by atoms with van der Waals surface area (Å²) in [6, 6.07) is 0.197. The maximum Gasteiger partial charge on any atom is 0.202 e. The van der Waals surface area contributed by atoms with Gasteiger partial charge in [0.2, 0.25) is 5.13 Å². The molecule has 5 heteroatoms. The molecule has 0 aliphatic carbocycles. The molecule has 0 saturated heterocycles. The zero-order valence-corrected chi connectivity index (χ0v) is 13.1. The average molecular weight is 271 g/mol. The van der Waals surface area contributed by atoms with E-state index < -0.39 is 0 Å². The highest BCUT2D eigenvalue weighted by Gasteiger charge is 2.26. The third kappa shape index (κ3) is 4.21. The van der Waals surface area contributed by atoms with E-state index in [0.717, 1.165) is 11.0 Å². The van der Waals surface area contributed by atoms with Crippen LogP contribution in [0.2, 0.25) is 0 Å². The van der Waals surface area contributed by atoms with Crippen molar-refractivity contribution in [3.63, 3.8) is 0 Å². The maximum absolute atomic E-state index is 9.14. The summed E-state index contributed by atoms with van der Waals surface area (Å²) in [5.74, 6) is 0.867. The van der Waals surface area contributed by atoms with Crippen LogP contribution in [0.5, 0.6) is 0 Å². The number of hydrogen-bond acceptors (Lipinski definition) is 5. The van der Waals surface area contributed by atoms with E-state index in [1.165, 1.54) is 11.5 Å². The molecule has 0 bridgehead atoms. The lowest BCUT2D eigenvalue weighted by molar-refractivity contribution is 0.235. The highest BCUT2D eigenvalue weighted by atomic mass is 32.1. The molecule has 0 fully saturated rings. The summed E-state index contributed by atoms with van der Waals surface area (Å²) < 4.78 is 4.39. The first-order valence-electron chi connectivity index (χ1n) is 6.36. The normalized spacial score (nSPS) is 14.6. The molecule has 18 heavy (non-hydrogen) atoms. The van der Waals surface area contributed by atoms with Crippen LogP contribution in [0.3, 0.4) is 0 Å². The van der Waals surface area contributed by atoms with E-state index in [0.29, 0.717) is 6.42 Å². The van der Waals surface area contributed by atoms with Crippen molar-refractivity contribution >= 4 is 16.7 Å². The lowest BCUT2D eigenvalue weighted by Crippen LogP contribution is -2.34. The lowest BCUT2D eigenvalue weighted by Gasteiger charge is -2.30. The number of rotatable bonds is 4. The Kier molecular flexibility index (Phi) is 4.72. The number of hydrogen-bond donors (Lipinski definition) is 2. The monoisotopic (exact) mass is 271 g/mol. The second-order valence-corrected chi connectivity index (χ2v) is 7.50. The van der Waals surface area contributed by atoms with E-state index in [1.54, 1.807) is 0 Å². The van der Waals surface area contributed by atoms with Crippen LogP contribution in [0, 0.1) is 5.41 Å². The van der Waals surface area contributed by atoms with E-state index in [1.807, 2.05) is 0 Å². The molecule has 1 unspecified atom stereocenters. The van der Waals surface area contributed by atoms with Gasteiger partial charge in [0, 0.05) is 29.6 Å². The van der Waals surface area contributed by atoms with Crippen molar-refractivity contribution in [2.24, 2.45) is 5.41 Å². The third-order valence-electron chi connectivity index (χ3n) is 2.86. The van der Waals surface area contributed by atoms with Crippen molar-refractivity contribution in [3.8, 4) is 0 Å². The van der Waals surface area contributed by atoms with Crippen molar-refractivity contribution in [1.29, 1.82) is 0 Å².